The second kappa shape index (κ2) is 8.55. The fourth-order valence-electron chi connectivity index (χ4n) is 2.07. The number of aryl methyl sites for hydroxylation is 1. The summed E-state index contributed by atoms with van der Waals surface area (Å²) in [5.74, 6) is 2.30. The first-order valence-electron chi connectivity index (χ1n) is 8.55. The summed E-state index contributed by atoms with van der Waals surface area (Å²) in [5.41, 5.74) is 0.477. The molecule has 6 heteroatoms. The first-order chi connectivity index (χ1) is 11.8. The molecule has 1 aromatic carbocycles. The summed E-state index contributed by atoms with van der Waals surface area (Å²) in [6, 6.07) is 7.02. The van der Waals surface area contributed by atoms with Crippen LogP contribution in [-0.4, -0.2) is 28.9 Å². The lowest BCUT2D eigenvalue weighted by molar-refractivity contribution is 0.102. The van der Waals surface area contributed by atoms with Gasteiger partial charge in [0.1, 0.15) is 11.5 Å². The van der Waals surface area contributed by atoms with Crippen LogP contribution in [0.1, 0.15) is 38.1 Å². The summed E-state index contributed by atoms with van der Waals surface area (Å²) >= 11 is 0. The molecule has 0 saturated heterocycles. The molecule has 0 unspecified atom stereocenters. The van der Waals surface area contributed by atoms with Crippen LogP contribution in [0.3, 0.4) is 0 Å². The third kappa shape index (κ3) is 6.14. The molecular formula is C19H27N3O3. The summed E-state index contributed by atoms with van der Waals surface area (Å²) in [6.45, 7) is 9.47. The van der Waals surface area contributed by atoms with Crippen LogP contribution in [-0.2, 0) is 7.05 Å². The van der Waals surface area contributed by atoms with E-state index < -0.39 is 0 Å². The maximum absolute atomic E-state index is 12.5. The molecule has 0 fully saturated rings. The first-order valence-corrected chi connectivity index (χ1v) is 8.55. The first kappa shape index (κ1) is 18.8. The van der Waals surface area contributed by atoms with Crippen LogP contribution in [0.4, 0.5) is 5.82 Å². The van der Waals surface area contributed by atoms with Gasteiger partial charge in [-0.25, -0.2) is 0 Å². The Balaban J connectivity index is 2.19. The number of ether oxygens (including phenoxy) is 2. The van der Waals surface area contributed by atoms with Crippen LogP contribution in [0.5, 0.6) is 11.5 Å². The lowest BCUT2D eigenvalue weighted by atomic mass is 10.1. The fraction of sp³-hybridized carbons (Fsp3) is 0.474. The number of carbonyl (C=O) groups is 1. The highest BCUT2D eigenvalue weighted by Gasteiger charge is 2.13. The average molecular weight is 345 g/mol. The number of hydrogen-bond acceptors (Lipinski definition) is 4. The highest BCUT2D eigenvalue weighted by molar-refractivity contribution is 6.04. The molecule has 25 heavy (non-hydrogen) atoms. The second-order valence-corrected chi connectivity index (χ2v) is 6.93. The molecule has 136 valence electrons. The van der Waals surface area contributed by atoms with Gasteiger partial charge in [-0.2, -0.15) is 5.10 Å². The Morgan fingerprint density at radius 1 is 1.08 bits per heavy atom. The van der Waals surface area contributed by atoms with Crippen molar-refractivity contribution in [3.8, 4) is 11.5 Å². The van der Waals surface area contributed by atoms with Crippen LogP contribution in [0.15, 0.2) is 30.5 Å². The predicted octanol–water partition coefficient (Wildman–Crippen LogP) is 3.74. The maximum Gasteiger partial charge on any atom is 0.257 e. The Morgan fingerprint density at radius 3 is 2.08 bits per heavy atom. The van der Waals surface area contributed by atoms with E-state index in [9.17, 15) is 4.79 Å². The molecule has 0 aliphatic carbocycles. The minimum atomic E-state index is -0.247. The van der Waals surface area contributed by atoms with Gasteiger partial charge in [0.15, 0.2) is 5.82 Å². The number of hydrogen-bond donors (Lipinski definition) is 1. The van der Waals surface area contributed by atoms with Crippen LogP contribution in [0.25, 0.3) is 0 Å². The van der Waals surface area contributed by atoms with E-state index in [0.29, 0.717) is 47.9 Å². The van der Waals surface area contributed by atoms with Crippen molar-refractivity contribution >= 4 is 11.7 Å². The van der Waals surface area contributed by atoms with E-state index in [1.165, 1.54) is 0 Å². The minimum Gasteiger partial charge on any atom is -0.493 e. The average Bonchev–Trinajstić information content (AvgIpc) is 2.95. The molecule has 2 rings (SSSR count). The summed E-state index contributed by atoms with van der Waals surface area (Å²) < 4.78 is 13.2. The number of rotatable bonds is 8. The van der Waals surface area contributed by atoms with Crippen molar-refractivity contribution in [3.63, 3.8) is 0 Å². The molecule has 1 amide bonds. The Morgan fingerprint density at radius 2 is 1.64 bits per heavy atom. The highest BCUT2D eigenvalue weighted by atomic mass is 16.5. The normalized spacial score (nSPS) is 11.0. The van der Waals surface area contributed by atoms with Crippen molar-refractivity contribution in [2.45, 2.75) is 27.7 Å². The van der Waals surface area contributed by atoms with Crippen LogP contribution in [0, 0.1) is 11.8 Å². The molecule has 1 heterocycles. The van der Waals surface area contributed by atoms with Gasteiger partial charge in [0.05, 0.1) is 13.2 Å². The van der Waals surface area contributed by atoms with E-state index in [0.717, 1.165) is 0 Å². The topological polar surface area (TPSA) is 65.4 Å². The van der Waals surface area contributed by atoms with Gasteiger partial charge in [-0.05, 0) is 24.0 Å². The van der Waals surface area contributed by atoms with Gasteiger partial charge in [0.2, 0.25) is 0 Å². The molecule has 1 N–H and O–H groups in total. The van der Waals surface area contributed by atoms with Crippen molar-refractivity contribution in [1.82, 2.24) is 9.78 Å². The molecule has 0 aliphatic rings. The van der Waals surface area contributed by atoms with Crippen molar-refractivity contribution in [2.24, 2.45) is 18.9 Å². The zero-order valence-corrected chi connectivity index (χ0v) is 15.6. The number of anilines is 1. The molecule has 0 aliphatic heterocycles. The third-order valence-electron chi connectivity index (χ3n) is 3.26. The van der Waals surface area contributed by atoms with Crippen molar-refractivity contribution in [1.29, 1.82) is 0 Å². The molecule has 1 aromatic heterocycles. The lowest BCUT2D eigenvalue weighted by Crippen LogP contribution is -2.14. The minimum absolute atomic E-state index is 0.247. The van der Waals surface area contributed by atoms with Crippen molar-refractivity contribution < 1.29 is 14.3 Å². The summed E-state index contributed by atoms with van der Waals surface area (Å²) in [6.07, 6.45) is 1.77. The summed E-state index contributed by atoms with van der Waals surface area (Å²) in [5, 5.41) is 6.94. The largest absolute Gasteiger partial charge is 0.493 e. The van der Waals surface area contributed by atoms with Gasteiger partial charge in [0.25, 0.3) is 5.91 Å². The number of benzene rings is 1. The Bertz CT molecular complexity index is 677. The second-order valence-electron chi connectivity index (χ2n) is 6.93. The van der Waals surface area contributed by atoms with Crippen LogP contribution >= 0.6 is 0 Å². The standard InChI is InChI=1S/C19H27N3O3/c1-13(2)11-24-16-8-15(9-17(10-16)25-12-14(3)4)19(23)20-18-6-7-22(5)21-18/h6-10,13-14H,11-12H2,1-5H3,(H,20,21,23). The summed E-state index contributed by atoms with van der Waals surface area (Å²) in [4.78, 5) is 12.5. The van der Waals surface area contributed by atoms with Gasteiger partial charge in [-0.3, -0.25) is 9.48 Å². The van der Waals surface area contributed by atoms with Crippen LogP contribution in [0.2, 0.25) is 0 Å². The third-order valence-corrected chi connectivity index (χ3v) is 3.26. The van der Waals surface area contributed by atoms with E-state index in [1.54, 1.807) is 36.1 Å². The molecule has 0 atom stereocenters. The Kier molecular flexibility index (Phi) is 6.44. The number of nitrogens with zero attached hydrogens (tertiary/aromatic N) is 2. The predicted molar refractivity (Wildman–Crippen MR) is 98.3 cm³/mol. The number of nitrogens with one attached hydrogen (secondary N) is 1. The van der Waals surface area contributed by atoms with Crippen molar-refractivity contribution in [3.05, 3.63) is 36.0 Å². The number of aromatic nitrogens is 2. The van der Waals surface area contributed by atoms with Gasteiger partial charge in [-0.1, -0.05) is 27.7 Å². The van der Waals surface area contributed by atoms with E-state index in [2.05, 4.69) is 38.1 Å². The van der Waals surface area contributed by atoms with E-state index >= 15 is 0 Å². The highest BCUT2D eigenvalue weighted by Crippen LogP contribution is 2.24. The Hall–Kier alpha value is -2.50. The SMILES string of the molecule is CC(C)COc1cc(OCC(C)C)cc(C(=O)Nc2ccn(C)n2)c1. The molecule has 0 saturated carbocycles. The van der Waals surface area contributed by atoms with Gasteiger partial charge in [-0.15, -0.1) is 0 Å². The van der Waals surface area contributed by atoms with E-state index in [-0.39, 0.29) is 5.91 Å². The van der Waals surface area contributed by atoms with E-state index in [4.69, 9.17) is 9.47 Å². The van der Waals surface area contributed by atoms with Gasteiger partial charge >= 0.3 is 0 Å². The summed E-state index contributed by atoms with van der Waals surface area (Å²) in [7, 11) is 1.80. The molecule has 0 radical (unpaired) electrons. The van der Waals surface area contributed by atoms with Crippen LogP contribution < -0.4 is 14.8 Å². The van der Waals surface area contributed by atoms with Crippen molar-refractivity contribution in [2.75, 3.05) is 18.5 Å². The molecule has 0 spiro atoms. The van der Waals surface area contributed by atoms with E-state index in [1.807, 2.05) is 6.07 Å². The quantitative estimate of drug-likeness (QED) is 0.791. The molecular weight excluding hydrogens is 318 g/mol. The maximum atomic E-state index is 12.5. The Labute approximate surface area is 149 Å². The van der Waals surface area contributed by atoms with Gasteiger partial charge in [0, 0.05) is 30.9 Å². The molecule has 2 aromatic rings. The lowest BCUT2D eigenvalue weighted by Gasteiger charge is -2.14. The smallest absolute Gasteiger partial charge is 0.257 e. The fourth-order valence-corrected chi connectivity index (χ4v) is 2.07. The van der Waals surface area contributed by atoms with Gasteiger partial charge < -0.3 is 14.8 Å². The monoisotopic (exact) mass is 345 g/mol. The zero-order valence-electron chi connectivity index (χ0n) is 15.6. The molecule has 0 bridgehead atoms. The number of carbonyl (C=O) groups excluding carboxylic acids is 1. The zero-order chi connectivity index (χ0) is 18.4. The molecule has 6 nitrogen and oxygen atoms in total. The number of amides is 1.